The highest BCUT2D eigenvalue weighted by molar-refractivity contribution is 5.63. The highest BCUT2D eigenvalue weighted by atomic mass is 79.9. The minimum atomic E-state index is 0. The van der Waals surface area contributed by atoms with Crippen molar-refractivity contribution in [3.63, 3.8) is 0 Å². The zero-order chi connectivity index (χ0) is 17.5. The maximum atomic E-state index is 2.32. The van der Waals surface area contributed by atoms with Crippen LogP contribution in [0.15, 0.2) is 73.1 Å². The first-order valence-electron chi connectivity index (χ1n) is 9.33. The molecule has 0 aliphatic heterocycles. The minimum Gasteiger partial charge on any atom is -1.00 e. The van der Waals surface area contributed by atoms with Crippen molar-refractivity contribution < 1.29 is 21.5 Å². The van der Waals surface area contributed by atoms with Crippen molar-refractivity contribution >= 4 is 0 Å². The third kappa shape index (κ3) is 5.81. The predicted octanol–water partition coefficient (Wildman–Crippen LogP) is 2.67. The van der Waals surface area contributed by atoms with Crippen LogP contribution >= 0.6 is 0 Å². The van der Waals surface area contributed by atoms with Gasteiger partial charge in [-0.2, -0.15) is 0 Å². The largest absolute Gasteiger partial charge is 1.00 e. The Bertz CT molecular complexity index is 794. The molecule has 0 atom stereocenters. The molecule has 0 fully saturated rings. The summed E-state index contributed by atoms with van der Waals surface area (Å²) >= 11 is 0. The lowest BCUT2D eigenvalue weighted by Crippen LogP contribution is -3.00. The first-order valence-corrected chi connectivity index (χ1v) is 9.33. The fourth-order valence-electron chi connectivity index (χ4n) is 3.17. The van der Waals surface area contributed by atoms with Gasteiger partial charge in [-0.3, -0.25) is 0 Å². The summed E-state index contributed by atoms with van der Waals surface area (Å²) < 4.78 is 2.32. The van der Waals surface area contributed by atoms with Crippen LogP contribution in [0.1, 0.15) is 36.0 Å². The van der Waals surface area contributed by atoms with E-state index in [-0.39, 0.29) is 17.0 Å². The van der Waals surface area contributed by atoms with Crippen LogP contribution in [0.3, 0.4) is 0 Å². The van der Waals surface area contributed by atoms with Gasteiger partial charge in [0.15, 0.2) is 12.4 Å². The second-order valence-corrected chi connectivity index (χ2v) is 6.92. The summed E-state index contributed by atoms with van der Waals surface area (Å²) in [7, 11) is 0. The highest BCUT2D eigenvalue weighted by Crippen LogP contribution is 2.20. The van der Waals surface area contributed by atoms with Crippen molar-refractivity contribution in [1.82, 2.24) is 0 Å². The Kier molecular flexibility index (Phi) is 8.06. The third-order valence-electron chi connectivity index (χ3n) is 4.94. The van der Waals surface area contributed by atoms with Gasteiger partial charge in [-0.25, -0.2) is 4.57 Å². The zero-order valence-electron chi connectivity index (χ0n) is 15.8. The molecule has 1 nitrogen and oxygen atoms in total. The van der Waals surface area contributed by atoms with Crippen molar-refractivity contribution in [2.45, 2.75) is 46.1 Å². The van der Waals surface area contributed by atoms with Crippen LogP contribution in [0, 0.1) is 13.8 Å². The third-order valence-corrected chi connectivity index (χ3v) is 4.94. The second kappa shape index (κ2) is 10.3. The maximum Gasteiger partial charge on any atom is 0.171 e. The van der Waals surface area contributed by atoms with Gasteiger partial charge in [0.2, 0.25) is 0 Å². The van der Waals surface area contributed by atoms with E-state index >= 15 is 0 Å². The monoisotopic (exact) mass is 409 g/mol. The Morgan fingerprint density at radius 1 is 0.692 bits per heavy atom. The van der Waals surface area contributed by atoms with Crippen molar-refractivity contribution in [2.24, 2.45) is 0 Å². The number of aryl methyl sites for hydroxylation is 4. The van der Waals surface area contributed by atoms with Crippen molar-refractivity contribution in [1.29, 1.82) is 0 Å². The number of rotatable bonds is 7. The van der Waals surface area contributed by atoms with Crippen LogP contribution in [-0.4, -0.2) is 0 Å². The number of aromatic nitrogens is 1. The molecule has 2 aromatic carbocycles. The Balaban J connectivity index is 0.00000243. The molecule has 3 aromatic rings. The molecule has 26 heavy (non-hydrogen) atoms. The highest BCUT2D eigenvalue weighted by Gasteiger charge is 2.03. The molecule has 2 heteroatoms. The van der Waals surface area contributed by atoms with Crippen molar-refractivity contribution in [3.8, 4) is 11.1 Å². The number of benzene rings is 2. The molecule has 0 N–H and O–H groups in total. The van der Waals surface area contributed by atoms with Gasteiger partial charge in [-0.1, -0.05) is 54.6 Å². The average molecular weight is 410 g/mol. The van der Waals surface area contributed by atoms with E-state index in [0.29, 0.717) is 0 Å². The lowest BCUT2D eigenvalue weighted by atomic mass is 10.0. The molecule has 1 heterocycles. The standard InChI is InChI=1S/C24H28N.BrH/c1-20-16-18-25(19-21(20)2)17-8-4-5-9-22-12-14-24(15-13-22)23-10-6-3-7-11-23;/h3,6-7,10-16,18-19H,4-5,8-9,17H2,1-2H3;1H/q+1;/p-1. The smallest absolute Gasteiger partial charge is 0.171 e. The van der Waals surface area contributed by atoms with E-state index in [0.717, 1.165) is 6.54 Å². The average Bonchev–Trinajstić information content (AvgIpc) is 2.65. The number of halogens is 1. The van der Waals surface area contributed by atoms with E-state index in [9.17, 15) is 0 Å². The molecule has 0 spiro atoms. The Labute approximate surface area is 168 Å². The fraction of sp³-hybridized carbons (Fsp3) is 0.292. The lowest BCUT2D eigenvalue weighted by Gasteiger charge is -2.05. The first kappa shape index (κ1) is 20.4. The molecule has 0 unspecified atom stereocenters. The van der Waals surface area contributed by atoms with Gasteiger partial charge in [0.1, 0.15) is 6.54 Å². The molecule has 0 bridgehead atoms. The van der Waals surface area contributed by atoms with Gasteiger partial charge < -0.3 is 17.0 Å². The normalized spacial score (nSPS) is 10.4. The molecule has 1 aromatic heterocycles. The molecule has 0 aliphatic rings. The molecular formula is C24H28BrN. The summed E-state index contributed by atoms with van der Waals surface area (Å²) in [5, 5.41) is 0. The van der Waals surface area contributed by atoms with Gasteiger partial charge in [0.25, 0.3) is 0 Å². The molecule has 136 valence electrons. The van der Waals surface area contributed by atoms with Gasteiger partial charge >= 0.3 is 0 Å². The van der Waals surface area contributed by atoms with E-state index in [1.165, 1.54) is 53.5 Å². The van der Waals surface area contributed by atoms with Gasteiger partial charge in [0, 0.05) is 18.1 Å². The maximum absolute atomic E-state index is 2.32. The molecular weight excluding hydrogens is 382 g/mol. The van der Waals surface area contributed by atoms with E-state index in [2.05, 4.69) is 91.5 Å². The van der Waals surface area contributed by atoms with Crippen LogP contribution in [0.5, 0.6) is 0 Å². The minimum absolute atomic E-state index is 0. The topological polar surface area (TPSA) is 3.88 Å². The molecule has 0 saturated carbocycles. The molecule has 0 aliphatic carbocycles. The van der Waals surface area contributed by atoms with Crippen LogP contribution in [0.25, 0.3) is 11.1 Å². The molecule has 3 rings (SSSR count). The quantitative estimate of drug-likeness (QED) is 0.417. The molecule has 0 saturated heterocycles. The van der Waals surface area contributed by atoms with E-state index < -0.39 is 0 Å². The number of unbranched alkanes of at least 4 members (excludes halogenated alkanes) is 2. The summed E-state index contributed by atoms with van der Waals surface area (Å²) in [6.45, 7) is 5.47. The number of hydrogen-bond acceptors (Lipinski definition) is 0. The van der Waals surface area contributed by atoms with Crippen LogP contribution in [0.4, 0.5) is 0 Å². The number of pyridine rings is 1. The van der Waals surface area contributed by atoms with Crippen molar-refractivity contribution in [2.75, 3.05) is 0 Å². The summed E-state index contributed by atoms with van der Waals surface area (Å²) in [6.07, 6.45) is 9.42. The molecule has 0 radical (unpaired) electrons. The van der Waals surface area contributed by atoms with Crippen LogP contribution in [0.2, 0.25) is 0 Å². The summed E-state index contributed by atoms with van der Waals surface area (Å²) in [5.74, 6) is 0. The summed E-state index contributed by atoms with van der Waals surface area (Å²) in [5.41, 5.74) is 6.78. The Hall–Kier alpha value is -1.93. The van der Waals surface area contributed by atoms with Crippen LogP contribution < -0.4 is 21.5 Å². The van der Waals surface area contributed by atoms with Crippen molar-refractivity contribution in [3.05, 3.63) is 89.7 Å². The summed E-state index contributed by atoms with van der Waals surface area (Å²) in [4.78, 5) is 0. The zero-order valence-corrected chi connectivity index (χ0v) is 17.4. The number of nitrogens with zero attached hydrogens (tertiary/aromatic N) is 1. The summed E-state index contributed by atoms with van der Waals surface area (Å²) in [6, 6.07) is 21.8. The Morgan fingerprint density at radius 3 is 2.08 bits per heavy atom. The molecule has 0 amide bonds. The van der Waals surface area contributed by atoms with Gasteiger partial charge in [0.05, 0.1) is 0 Å². The Morgan fingerprint density at radius 2 is 1.38 bits per heavy atom. The van der Waals surface area contributed by atoms with E-state index in [1.54, 1.807) is 0 Å². The van der Waals surface area contributed by atoms with E-state index in [1.807, 2.05) is 0 Å². The predicted molar refractivity (Wildman–Crippen MR) is 106 cm³/mol. The second-order valence-electron chi connectivity index (χ2n) is 6.92. The fourth-order valence-corrected chi connectivity index (χ4v) is 3.17. The number of hydrogen-bond donors (Lipinski definition) is 0. The first-order chi connectivity index (χ1) is 12.2. The SMILES string of the molecule is Cc1cc[n+](CCCCCc2ccc(-c3ccccc3)cc2)cc1C.[Br-]. The van der Waals surface area contributed by atoms with E-state index in [4.69, 9.17) is 0 Å². The van der Waals surface area contributed by atoms with Gasteiger partial charge in [-0.15, -0.1) is 0 Å². The lowest BCUT2D eigenvalue weighted by molar-refractivity contribution is -0.697. The van der Waals surface area contributed by atoms with Gasteiger partial charge in [-0.05, 0) is 55.4 Å². The van der Waals surface area contributed by atoms with Crippen LogP contribution in [-0.2, 0) is 13.0 Å².